The molecule has 0 saturated heterocycles. The molecule has 0 aromatic heterocycles. The Balaban J connectivity index is 2.59. The van der Waals surface area contributed by atoms with E-state index in [1.54, 1.807) is 0 Å². The number of hydrogen-bond acceptors (Lipinski definition) is 3. The zero-order chi connectivity index (χ0) is 8.48. The Kier molecular flexibility index (Phi) is 1.76. The van der Waals surface area contributed by atoms with Gasteiger partial charge in [-0.2, -0.15) is 13.2 Å². The number of halogens is 3. The lowest BCUT2D eigenvalue weighted by Gasteiger charge is -2.06. The molecular formula is C5H3F3O3. The Labute approximate surface area is 59.4 Å². The van der Waals surface area contributed by atoms with Crippen molar-refractivity contribution in [3.05, 3.63) is 12.0 Å². The van der Waals surface area contributed by atoms with Crippen LogP contribution in [0.2, 0.25) is 0 Å². The molecule has 1 heterocycles. The van der Waals surface area contributed by atoms with E-state index in [9.17, 15) is 18.0 Å². The van der Waals surface area contributed by atoms with E-state index in [0.717, 1.165) is 0 Å². The number of alkyl halides is 3. The summed E-state index contributed by atoms with van der Waals surface area (Å²) in [6, 6.07) is 0. The third-order valence-electron chi connectivity index (χ3n) is 0.943. The maximum absolute atomic E-state index is 11.7. The minimum Gasteiger partial charge on any atom is -0.452 e. The van der Waals surface area contributed by atoms with Crippen molar-refractivity contribution in [3.63, 3.8) is 0 Å². The molecular weight excluding hydrogens is 165 g/mol. The number of rotatable bonds is 1. The Morgan fingerprint density at radius 2 is 2.18 bits per heavy atom. The van der Waals surface area contributed by atoms with E-state index in [4.69, 9.17) is 0 Å². The lowest BCUT2D eigenvalue weighted by atomic mass is 10.5. The van der Waals surface area contributed by atoms with Gasteiger partial charge < -0.3 is 9.47 Å². The highest BCUT2D eigenvalue weighted by Crippen LogP contribution is 2.30. The maximum atomic E-state index is 11.7. The highest BCUT2D eigenvalue weighted by atomic mass is 19.4. The van der Waals surface area contributed by atoms with Crippen LogP contribution in [0, 0.1) is 0 Å². The summed E-state index contributed by atoms with van der Waals surface area (Å²) in [6.45, 7) is 0. The fourth-order valence-corrected chi connectivity index (χ4v) is 0.503. The summed E-state index contributed by atoms with van der Waals surface area (Å²) >= 11 is 0. The van der Waals surface area contributed by atoms with Crippen LogP contribution in [0.4, 0.5) is 13.2 Å². The number of carbonyl (C=O) groups excluding carboxylic acids is 1. The summed E-state index contributed by atoms with van der Waals surface area (Å²) in [5.41, 5.74) is 0. The standard InChI is InChI=1S/C5H3F3O3/c6-5(7,8)3-2-10-4(1-9)11-3/h1-2,4H. The Morgan fingerprint density at radius 3 is 2.45 bits per heavy atom. The highest BCUT2D eigenvalue weighted by Gasteiger charge is 2.41. The summed E-state index contributed by atoms with van der Waals surface area (Å²) < 4.78 is 43.2. The van der Waals surface area contributed by atoms with Crippen molar-refractivity contribution in [2.75, 3.05) is 0 Å². The molecule has 1 aliphatic rings. The minimum absolute atomic E-state index is 0.134. The van der Waals surface area contributed by atoms with Gasteiger partial charge in [-0.3, -0.25) is 4.79 Å². The fraction of sp³-hybridized carbons (Fsp3) is 0.400. The Bertz CT molecular complexity index is 196. The molecule has 0 saturated carbocycles. The molecule has 6 heteroatoms. The monoisotopic (exact) mass is 168 g/mol. The summed E-state index contributed by atoms with van der Waals surface area (Å²) in [6.07, 6.45) is -5.53. The second-order valence-corrected chi connectivity index (χ2v) is 1.74. The van der Waals surface area contributed by atoms with Gasteiger partial charge in [-0.15, -0.1) is 0 Å². The lowest BCUT2D eigenvalue weighted by Crippen LogP contribution is -2.16. The van der Waals surface area contributed by atoms with Crippen LogP contribution in [0.1, 0.15) is 0 Å². The molecule has 0 bridgehead atoms. The van der Waals surface area contributed by atoms with Crippen LogP contribution in [-0.4, -0.2) is 18.8 Å². The van der Waals surface area contributed by atoms with Crippen LogP contribution in [0.15, 0.2) is 12.0 Å². The van der Waals surface area contributed by atoms with Crippen LogP contribution in [-0.2, 0) is 14.3 Å². The van der Waals surface area contributed by atoms with E-state index in [1.165, 1.54) is 0 Å². The van der Waals surface area contributed by atoms with Gasteiger partial charge in [0, 0.05) is 0 Å². The van der Waals surface area contributed by atoms with Crippen molar-refractivity contribution >= 4 is 6.29 Å². The predicted molar refractivity (Wildman–Crippen MR) is 26.2 cm³/mol. The lowest BCUT2D eigenvalue weighted by molar-refractivity contribution is -0.153. The topological polar surface area (TPSA) is 35.5 Å². The average Bonchev–Trinajstić information content (AvgIpc) is 2.32. The van der Waals surface area contributed by atoms with Gasteiger partial charge in [-0.1, -0.05) is 0 Å². The van der Waals surface area contributed by atoms with E-state index in [2.05, 4.69) is 9.47 Å². The zero-order valence-corrected chi connectivity index (χ0v) is 5.09. The predicted octanol–water partition coefficient (Wildman–Crippen LogP) is 0.962. The van der Waals surface area contributed by atoms with Crippen LogP contribution in [0.3, 0.4) is 0 Å². The summed E-state index contributed by atoms with van der Waals surface area (Å²) in [5.74, 6) is -1.28. The molecule has 1 rings (SSSR count). The second kappa shape index (κ2) is 2.44. The van der Waals surface area contributed by atoms with Crippen molar-refractivity contribution in [2.24, 2.45) is 0 Å². The molecule has 0 N–H and O–H groups in total. The molecule has 3 nitrogen and oxygen atoms in total. The molecule has 11 heavy (non-hydrogen) atoms. The van der Waals surface area contributed by atoms with Crippen molar-refractivity contribution in [1.82, 2.24) is 0 Å². The van der Waals surface area contributed by atoms with Gasteiger partial charge in [-0.05, 0) is 0 Å². The zero-order valence-electron chi connectivity index (χ0n) is 5.09. The number of allylic oxidation sites excluding steroid dienone is 1. The first kappa shape index (κ1) is 7.90. The Morgan fingerprint density at radius 1 is 1.55 bits per heavy atom. The smallest absolute Gasteiger partial charge is 0.452 e. The van der Waals surface area contributed by atoms with Crippen LogP contribution < -0.4 is 0 Å². The van der Waals surface area contributed by atoms with Gasteiger partial charge >= 0.3 is 6.18 Å². The fourth-order valence-electron chi connectivity index (χ4n) is 0.503. The molecule has 0 fully saturated rings. The van der Waals surface area contributed by atoms with Gasteiger partial charge in [0.05, 0.1) is 0 Å². The van der Waals surface area contributed by atoms with Crippen LogP contribution in [0.25, 0.3) is 0 Å². The molecule has 0 aromatic rings. The van der Waals surface area contributed by atoms with Crippen LogP contribution in [0.5, 0.6) is 0 Å². The number of carbonyl (C=O) groups is 1. The normalized spacial score (nSPS) is 23.5. The van der Waals surface area contributed by atoms with Crippen molar-refractivity contribution < 1.29 is 27.4 Å². The van der Waals surface area contributed by atoms with Crippen molar-refractivity contribution in [1.29, 1.82) is 0 Å². The quantitative estimate of drug-likeness (QED) is 0.547. The molecule has 0 radical (unpaired) electrons. The molecule has 0 aromatic carbocycles. The summed E-state index contributed by atoms with van der Waals surface area (Å²) in [4.78, 5) is 9.83. The molecule has 0 aliphatic carbocycles. The van der Waals surface area contributed by atoms with Gasteiger partial charge in [0.25, 0.3) is 6.29 Å². The molecule has 1 unspecified atom stereocenters. The van der Waals surface area contributed by atoms with E-state index in [-0.39, 0.29) is 6.29 Å². The van der Waals surface area contributed by atoms with Gasteiger partial charge in [0.2, 0.25) is 12.0 Å². The number of hydrogen-bond donors (Lipinski definition) is 0. The minimum atomic E-state index is -4.59. The molecule has 62 valence electrons. The maximum Gasteiger partial charge on any atom is 0.452 e. The van der Waals surface area contributed by atoms with Crippen molar-refractivity contribution in [2.45, 2.75) is 12.5 Å². The first-order valence-corrected chi connectivity index (χ1v) is 2.59. The summed E-state index contributed by atoms with van der Waals surface area (Å²) in [5, 5.41) is 0. The third kappa shape index (κ3) is 1.63. The molecule has 0 spiro atoms. The molecule has 1 aliphatic heterocycles. The van der Waals surface area contributed by atoms with Gasteiger partial charge in [0.1, 0.15) is 6.26 Å². The summed E-state index contributed by atoms with van der Waals surface area (Å²) in [7, 11) is 0. The number of aldehydes is 1. The van der Waals surface area contributed by atoms with E-state index in [1.807, 2.05) is 0 Å². The molecule has 1 atom stereocenters. The second-order valence-electron chi connectivity index (χ2n) is 1.74. The SMILES string of the molecule is O=CC1OC=C(C(F)(F)F)O1. The molecule has 0 amide bonds. The average molecular weight is 168 g/mol. The first-order chi connectivity index (χ1) is 5.04. The van der Waals surface area contributed by atoms with E-state index in [0.29, 0.717) is 6.26 Å². The van der Waals surface area contributed by atoms with Crippen molar-refractivity contribution in [3.8, 4) is 0 Å². The Hall–Kier alpha value is -1.20. The van der Waals surface area contributed by atoms with Gasteiger partial charge in [0.15, 0.2) is 0 Å². The third-order valence-corrected chi connectivity index (χ3v) is 0.943. The first-order valence-electron chi connectivity index (χ1n) is 2.59. The highest BCUT2D eigenvalue weighted by molar-refractivity contribution is 5.54. The van der Waals surface area contributed by atoms with Crippen LogP contribution >= 0.6 is 0 Å². The largest absolute Gasteiger partial charge is 0.452 e. The number of ether oxygens (including phenoxy) is 2. The van der Waals surface area contributed by atoms with E-state index >= 15 is 0 Å². The van der Waals surface area contributed by atoms with Gasteiger partial charge in [-0.25, -0.2) is 0 Å². The van der Waals surface area contributed by atoms with E-state index < -0.39 is 18.2 Å².